The van der Waals surface area contributed by atoms with Crippen LogP contribution in [-0.2, 0) is 11.2 Å². The van der Waals surface area contributed by atoms with E-state index in [2.05, 4.69) is 5.32 Å². The monoisotopic (exact) mass is 340 g/mol. The Bertz CT molecular complexity index is 750. The smallest absolute Gasteiger partial charge is 0.253 e. The maximum absolute atomic E-state index is 12.8. The molecule has 5 heteroatoms. The van der Waals surface area contributed by atoms with Crippen LogP contribution in [0.2, 0.25) is 0 Å². The zero-order valence-electron chi connectivity index (χ0n) is 14.3. The van der Waals surface area contributed by atoms with Gasteiger partial charge in [-0.1, -0.05) is 24.3 Å². The molecule has 0 atom stereocenters. The summed E-state index contributed by atoms with van der Waals surface area (Å²) in [6.45, 7) is 0.477. The third-order valence-electron chi connectivity index (χ3n) is 3.62. The van der Waals surface area contributed by atoms with E-state index in [1.54, 1.807) is 56.6 Å². The summed E-state index contributed by atoms with van der Waals surface area (Å²) < 4.78 is 12.8. The molecule has 25 heavy (non-hydrogen) atoms. The molecule has 0 aliphatic carbocycles. The molecule has 0 saturated heterocycles. The van der Waals surface area contributed by atoms with Gasteiger partial charge in [-0.25, -0.2) is 4.39 Å². The van der Waals surface area contributed by atoms with Gasteiger partial charge in [-0.15, -0.1) is 0 Å². The molecule has 0 heterocycles. The minimum Gasteiger partial charge on any atom is -0.352 e. The summed E-state index contributed by atoms with van der Waals surface area (Å²) in [7, 11) is 3.40. The van der Waals surface area contributed by atoms with Crippen molar-refractivity contribution in [2.45, 2.75) is 6.42 Å². The average molecular weight is 340 g/mol. The lowest BCUT2D eigenvalue weighted by Gasteiger charge is -2.09. The Kier molecular flexibility index (Phi) is 6.46. The van der Waals surface area contributed by atoms with Crippen molar-refractivity contribution < 1.29 is 14.0 Å². The van der Waals surface area contributed by atoms with Crippen LogP contribution in [0.5, 0.6) is 0 Å². The fraction of sp³-hybridized carbons (Fsp3) is 0.200. The first-order valence-corrected chi connectivity index (χ1v) is 7.98. The van der Waals surface area contributed by atoms with Crippen molar-refractivity contribution >= 4 is 17.9 Å². The van der Waals surface area contributed by atoms with E-state index in [4.69, 9.17) is 0 Å². The van der Waals surface area contributed by atoms with Crippen molar-refractivity contribution in [3.63, 3.8) is 0 Å². The minimum absolute atomic E-state index is 0.0611. The van der Waals surface area contributed by atoms with Gasteiger partial charge in [0.2, 0.25) is 5.91 Å². The highest BCUT2D eigenvalue weighted by Gasteiger charge is 2.06. The molecule has 0 aromatic heterocycles. The summed E-state index contributed by atoms with van der Waals surface area (Å²) in [5.41, 5.74) is 2.40. The first-order valence-electron chi connectivity index (χ1n) is 7.98. The van der Waals surface area contributed by atoms with E-state index >= 15 is 0 Å². The first-order chi connectivity index (χ1) is 12.0. The standard InChI is InChI=1S/C20H21FN2O2/c1-23(2)20(25)17-8-3-15(4-9-17)7-12-19(24)22-14-13-16-5-10-18(21)11-6-16/h3-12H,13-14H2,1-2H3,(H,22,24)/b12-7+. The maximum atomic E-state index is 12.8. The Morgan fingerprint density at radius 2 is 1.68 bits per heavy atom. The largest absolute Gasteiger partial charge is 0.352 e. The second-order valence-corrected chi connectivity index (χ2v) is 5.82. The number of benzene rings is 2. The maximum Gasteiger partial charge on any atom is 0.253 e. The summed E-state index contributed by atoms with van der Waals surface area (Å²) in [6.07, 6.45) is 3.78. The molecule has 0 fully saturated rings. The normalized spacial score (nSPS) is 10.7. The molecule has 0 aliphatic heterocycles. The molecule has 2 rings (SSSR count). The summed E-state index contributed by atoms with van der Waals surface area (Å²) >= 11 is 0. The molecule has 0 spiro atoms. The van der Waals surface area contributed by atoms with Gasteiger partial charge >= 0.3 is 0 Å². The minimum atomic E-state index is -0.269. The Morgan fingerprint density at radius 3 is 2.28 bits per heavy atom. The van der Waals surface area contributed by atoms with Crippen molar-refractivity contribution in [3.8, 4) is 0 Å². The molecule has 1 N–H and O–H groups in total. The molecular formula is C20H21FN2O2. The van der Waals surface area contributed by atoms with E-state index in [1.807, 2.05) is 0 Å². The Balaban J connectivity index is 1.81. The second-order valence-electron chi connectivity index (χ2n) is 5.82. The molecule has 0 aliphatic rings. The van der Waals surface area contributed by atoms with Gasteiger partial charge in [-0.05, 0) is 47.9 Å². The SMILES string of the molecule is CN(C)C(=O)c1ccc(/C=C/C(=O)NCCc2ccc(F)cc2)cc1. The summed E-state index contributed by atoms with van der Waals surface area (Å²) in [5, 5.41) is 2.78. The number of carbonyl (C=O) groups excluding carboxylic acids is 2. The van der Waals surface area contributed by atoms with Crippen LogP contribution in [0.4, 0.5) is 4.39 Å². The van der Waals surface area contributed by atoms with Crippen molar-refractivity contribution in [1.82, 2.24) is 10.2 Å². The lowest BCUT2D eigenvalue weighted by Crippen LogP contribution is -2.23. The molecule has 0 bridgehead atoms. The van der Waals surface area contributed by atoms with Gasteiger partial charge in [0.1, 0.15) is 5.82 Å². The third kappa shape index (κ3) is 5.88. The molecule has 2 aromatic carbocycles. The average Bonchev–Trinajstić information content (AvgIpc) is 2.61. The van der Waals surface area contributed by atoms with E-state index in [0.717, 1.165) is 11.1 Å². The third-order valence-corrected chi connectivity index (χ3v) is 3.62. The van der Waals surface area contributed by atoms with Gasteiger partial charge in [0.15, 0.2) is 0 Å². The van der Waals surface area contributed by atoms with Crippen LogP contribution in [-0.4, -0.2) is 37.4 Å². The van der Waals surface area contributed by atoms with Crippen LogP contribution in [0, 0.1) is 5.82 Å². The molecule has 130 valence electrons. The van der Waals surface area contributed by atoms with Gasteiger partial charge in [-0.2, -0.15) is 0 Å². The molecular weight excluding hydrogens is 319 g/mol. The van der Waals surface area contributed by atoms with Crippen molar-refractivity contribution in [2.24, 2.45) is 0 Å². The number of amides is 2. The number of halogens is 1. The fourth-order valence-corrected chi connectivity index (χ4v) is 2.21. The second kappa shape index (κ2) is 8.78. The van der Waals surface area contributed by atoms with Gasteiger partial charge in [0, 0.05) is 32.3 Å². The fourth-order valence-electron chi connectivity index (χ4n) is 2.21. The quantitative estimate of drug-likeness (QED) is 0.822. The van der Waals surface area contributed by atoms with Gasteiger partial charge in [0.25, 0.3) is 5.91 Å². The number of rotatable bonds is 6. The van der Waals surface area contributed by atoms with Crippen LogP contribution < -0.4 is 5.32 Å². The van der Waals surface area contributed by atoms with Crippen LogP contribution in [0.1, 0.15) is 21.5 Å². The van der Waals surface area contributed by atoms with E-state index in [-0.39, 0.29) is 17.6 Å². The number of hydrogen-bond donors (Lipinski definition) is 1. The van der Waals surface area contributed by atoms with E-state index in [9.17, 15) is 14.0 Å². The van der Waals surface area contributed by atoms with Crippen LogP contribution in [0.3, 0.4) is 0 Å². The van der Waals surface area contributed by atoms with Gasteiger partial charge in [-0.3, -0.25) is 9.59 Å². The highest BCUT2D eigenvalue weighted by atomic mass is 19.1. The molecule has 2 aromatic rings. The van der Waals surface area contributed by atoms with E-state index in [0.29, 0.717) is 18.5 Å². The predicted molar refractivity (Wildman–Crippen MR) is 96.6 cm³/mol. The number of nitrogens with zero attached hydrogens (tertiary/aromatic N) is 1. The Labute approximate surface area is 147 Å². The zero-order valence-corrected chi connectivity index (χ0v) is 14.3. The van der Waals surface area contributed by atoms with Gasteiger partial charge in [0.05, 0.1) is 0 Å². The lowest BCUT2D eigenvalue weighted by atomic mass is 10.1. The summed E-state index contributed by atoms with van der Waals surface area (Å²) in [4.78, 5) is 25.1. The number of hydrogen-bond acceptors (Lipinski definition) is 2. The number of carbonyl (C=O) groups is 2. The molecule has 0 unspecified atom stereocenters. The molecule has 0 radical (unpaired) electrons. The van der Waals surface area contributed by atoms with E-state index < -0.39 is 0 Å². The van der Waals surface area contributed by atoms with Crippen molar-refractivity contribution in [1.29, 1.82) is 0 Å². The Hall–Kier alpha value is -2.95. The molecule has 2 amide bonds. The predicted octanol–water partition coefficient (Wildman–Crippen LogP) is 2.90. The van der Waals surface area contributed by atoms with Gasteiger partial charge < -0.3 is 10.2 Å². The highest BCUT2D eigenvalue weighted by molar-refractivity contribution is 5.94. The highest BCUT2D eigenvalue weighted by Crippen LogP contribution is 2.08. The topological polar surface area (TPSA) is 49.4 Å². The van der Waals surface area contributed by atoms with E-state index in [1.165, 1.54) is 23.1 Å². The lowest BCUT2D eigenvalue weighted by molar-refractivity contribution is -0.116. The summed E-state index contributed by atoms with van der Waals surface area (Å²) in [5.74, 6) is -0.529. The summed E-state index contributed by atoms with van der Waals surface area (Å²) in [6, 6.07) is 13.3. The van der Waals surface area contributed by atoms with Crippen LogP contribution >= 0.6 is 0 Å². The molecule has 0 saturated carbocycles. The van der Waals surface area contributed by atoms with Crippen molar-refractivity contribution in [3.05, 3.63) is 77.1 Å². The Morgan fingerprint density at radius 1 is 1.04 bits per heavy atom. The van der Waals surface area contributed by atoms with Crippen LogP contribution in [0.15, 0.2) is 54.6 Å². The van der Waals surface area contributed by atoms with Crippen molar-refractivity contribution in [2.75, 3.05) is 20.6 Å². The van der Waals surface area contributed by atoms with Crippen LogP contribution in [0.25, 0.3) is 6.08 Å². The zero-order chi connectivity index (χ0) is 18.2. The molecule has 4 nitrogen and oxygen atoms in total. The first kappa shape index (κ1) is 18.4. The number of nitrogens with one attached hydrogen (secondary N) is 1.